The molecule has 6 aromatic rings. The Labute approximate surface area is 222 Å². The lowest BCUT2D eigenvalue weighted by Crippen LogP contribution is -1.87. The van der Waals surface area contributed by atoms with Crippen LogP contribution >= 0.6 is 0 Å². The van der Waals surface area contributed by atoms with Gasteiger partial charge in [-0.25, -0.2) is 0 Å². The van der Waals surface area contributed by atoms with Crippen LogP contribution in [-0.2, 0) is 0 Å². The average molecular weight is 489 g/mol. The first kappa shape index (κ1) is 23.2. The SMILES string of the molecule is COc1ccc2cc(C#Cc3cc4ccccc4cc3C#Cc3ccc4cc(OC)ccc4c3)ccc2c1. The summed E-state index contributed by atoms with van der Waals surface area (Å²) in [6.07, 6.45) is 0. The lowest BCUT2D eigenvalue weighted by Gasteiger charge is -2.04. The van der Waals surface area contributed by atoms with E-state index in [1.54, 1.807) is 14.2 Å². The van der Waals surface area contributed by atoms with Gasteiger partial charge >= 0.3 is 0 Å². The first-order valence-corrected chi connectivity index (χ1v) is 12.4. The summed E-state index contributed by atoms with van der Waals surface area (Å²) >= 11 is 0. The summed E-state index contributed by atoms with van der Waals surface area (Å²) in [7, 11) is 3.37. The molecule has 0 spiro atoms. The molecule has 0 bridgehead atoms. The molecule has 2 heteroatoms. The van der Waals surface area contributed by atoms with Crippen LogP contribution in [-0.4, -0.2) is 14.2 Å². The van der Waals surface area contributed by atoms with E-state index >= 15 is 0 Å². The van der Waals surface area contributed by atoms with Gasteiger partial charge < -0.3 is 9.47 Å². The number of methoxy groups -OCH3 is 2. The molecular weight excluding hydrogens is 464 g/mol. The Hall–Kier alpha value is -5.18. The van der Waals surface area contributed by atoms with Crippen molar-refractivity contribution in [3.63, 3.8) is 0 Å². The third kappa shape index (κ3) is 4.77. The van der Waals surface area contributed by atoms with Crippen molar-refractivity contribution in [1.82, 2.24) is 0 Å². The van der Waals surface area contributed by atoms with Crippen LogP contribution in [0.4, 0.5) is 0 Å². The van der Waals surface area contributed by atoms with Gasteiger partial charge in [0.1, 0.15) is 11.5 Å². The van der Waals surface area contributed by atoms with Gasteiger partial charge in [0.05, 0.1) is 14.2 Å². The summed E-state index contributed by atoms with van der Waals surface area (Å²) in [6, 6.07) is 37.2. The smallest absolute Gasteiger partial charge is 0.119 e. The number of ether oxygens (including phenoxy) is 2. The third-order valence-corrected chi connectivity index (χ3v) is 6.66. The van der Waals surface area contributed by atoms with E-state index in [-0.39, 0.29) is 0 Å². The zero-order valence-electron chi connectivity index (χ0n) is 21.2. The lowest BCUT2D eigenvalue weighted by atomic mass is 10.00. The van der Waals surface area contributed by atoms with Crippen LogP contribution in [0.2, 0.25) is 0 Å². The molecule has 0 radical (unpaired) electrons. The van der Waals surface area contributed by atoms with E-state index in [1.165, 1.54) is 0 Å². The second-order valence-corrected chi connectivity index (χ2v) is 9.10. The summed E-state index contributed by atoms with van der Waals surface area (Å²) in [6.45, 7) is 0. The largest absolute Gasteiger partial charge is 0.497 e. The van der Waals surface area contributed by atoms with Crippen LogP contribution < -0.4 is 9.47 Å². The number of rotatable bonds is 2. The minimum absolute atomic E-state index is 0.849. The number of fused-ring (bicyclic) bond motifs is 3. The third-order valence-electron chi connectivity index (χ3n) is 6.66. The molecule has 38 heavy (non-hydrogen) atoms. The van der Waals surface area contributed by atoms with Gasteiger partial charge in [0, 0.05) is 22.3 Å². The van der Waals surface area contributed by atoms with Crippen molar-refractivity contribution in [3.05, 3.63) is 131 Å². The van der Waals surface area contributed by atoms with Gasteiger partial charge in [-0.2, -0.15) is 0 Å². The van der Waals surface area contributed by atoms with Gasteiger partial charge in [-0.15, -0.1) is 0 Å². The number of benzene rings is 6. The Morgan fingerprint density at radius 2 is 0.789 bits per heavy atom. The van der Waals surface area contributed by atoms with E-state index in [9.17, 15) is 0 Å². The summed E-state index contributed by atoms with van der Waals surface area (Å²) in [5.74, 6) is 15.2. The molecule has 0 amide bonds. The fourth-order valence-corrected chi connectivity index (χ4v) is 4.58. The first-order chi connectivity index (χ1) is 18.7. The predicted molar refractivity (Wildman–Crippen MR) is 157 cm³/mol. The minimum Gasteiger partial charge on any atom is -0.497 e. The van der Waals surface area contributed by atoms with E-state index in [2.05, 4.69) is 84.3 Å². The highest BCUT2D eigenvalue weighted by Gasteiger charge is 2.03. The van der Waals surface area contributed by atoms with Crippen LogP contribution in [0, 0.1) is 23.7 Å². The fraction of sp³-hybridized carbons (Fsp3) is 0.0556. The van der Waals surface area contributed by atoms with E-state index in [4.69, 9.17) is 9.47 Å². The maximum atomic E-state index is 5.35. The molecule has 0 atom stereocenters. The standard InChI is InChI=1S/C36H24O2/c1-37-35-17-15-29-19-25(9-13-33(29)23-35)7-11-31-21-27-5-3-4-6-28(27)22-32(31)12-8-26-10-14-34-24-36(38-2)18-16-30(34)20-26/h3-6,9-10,13-24H,1-2H3. The topological polar surface area (TPSA) is 18.5 Å². The highest BCUT2D eigenvalue weighted by molar-refractivity contribution is 5.88. The maximum Gasteiger partial charge on any atom is 0.119 e. The summed E-state index contributed by atoms with van der Waals surface area (Å²) in [5.41, 5.74) is 3.74. The van der Waals surface area contributed by atoms with E-state index in [0.717, 1.165) is 66.1 Å². The average Bonchev–Trinajstić information content (AvgIpc) is 2.97. The van der Waals surface area contributed by atoms with Gasteiger partial charge in [-0.1, -0.05) is 72.2 Å². The molecule has 0 aliphatic rings. The van der Waals surface area contributed by atoms with Crippen LogP contribution in [0.1, 0.15) is 22.3 Å². The zero-order chi connectivity index (χ0) is 25.9. The molecule has 0 saturated carbocycles. The Balaban J connectivity index is 1.39. The zero-order valence-corrected chi connectivity index (χ0v) is 21.2. The fourth-order valence-electron chi connectivity index (χ4n) is 4.58. The van der Waals surface area contributed by atoms with E-state index in [1.807, 2.05) is 48.5 Å². The summed E-state index contributed by atoms with van der Waals surface area (Å²) < 4.78 is 10.7. The molecule has 0 unspecified atom stereocenters. The molecule has 0 fully saturated rings. The Kier molecular flexibility index (Phi) is 6.15. The highest BCUT2D eigenvalue weighted by atomic mass is 16.5. The van der Waals surface area contributed by atoms with Crippen molar-refractivity contribution in [2.75, 3.05) is 14.2 Å². The molecule has 0 saturated heterocycles. The first-order valence-electron chi connectivity index (χ1n) is 12.4. The Morgan fingerprint density at radius 1 is 0.395 bits per heavy atom. The molecule has 6 rings (SSSR count). The molecule has 0 N–H and O–H groups in total. The second-order valence-electron chi connectivity index (χ2n) is 9.10. The van der Waals surface area contributed by atoms with Crippen molar-refractivity contribution in [1.29, 1.82) is 0 Å². The van der Waals surface area contributed by atoms with Crippen LogP contribution in [0.5, 0.6) is 11.5 Å². The lowest BCUT2D eigenvalue weighted by molar-refractivity contribution is 0.415. The molecule has 0 heterocycles. The monoisotopic (exact) mass is 488 g/mol. The van der Waals surface area contributed by atoms with Gasteiger partial charge in [0.2, 0.25) is 0 Å². The molecule has 0 aliphatic carbocycles. The van der Waals surface area contributed by atoms with Crippen molar-refractivity contribution in [3.8, 4) is 35.2 Å². The summed E-state index contributed by atoms with van der Waals surface area (Å²) in [4.78, 5) is 0. The molecular formula is C36H24O2. The van der Waals surface area contributed by atoms with E-state index in [0.29, 0.717) is 0 Å². The highest BCUT2D eigenvalue weighted by Crippen LogP contribution is 2.24. The minimum atomic E-state index is 0.849. The maximum absolute atomic E-state index is 5.35. The van der Waals surface area contributed by atoms with Crippen molar-refractivity contribution < 1.29 is 9.47 Å². The second kappa shape index (κ2) is 10.1. The van der Waals surface area contributed by atoms with Crippen molar-refractivity contribution in [2.45, 2.75) is 0 Å². The molecule has 0 aliphatic heterocycles. The van der Waals surface area contributed by atoms with Crippen LogP contribution in [0.25, 0.3) is 32.3 Å². The van der Waals surface area contributed by atoms with Gasteiger partial charge in [0.15, 0.2) is 0 Å². The Morgan fingerprint density at radius 3 is 1.24 bits per heavy atom. The Bertz CT molecular complexity index is 1820. The normalized spacial score (nSPS) is 10.5. The van der Waals surface area contributed by atoms with Gasteiger partial charge in [0.25, 0.3) is 0 Å². The van der Waals surface area contributed by atoms with Crippen LogP contribution in [0.3, 0.4) is 0 Å². The van der Waals surface area contributed by atoms with Crippen molar-refractivity contribution in [2.24, 2.45) is 0 Å². The quantitative estimate of drug-likeness (QED) is 0.230. The molecule has 180 valence electrons. The summed E-state index contributed by atoms with van der Waals surface area (Å²) in [5, 5.41) is 6.80. The van der Waals surface area contributed by atoms with Crippen molar-refractivity contribution >= 4 is 32.3 Å². The number of hydrogen-bond donors (Lipinski definition) is 0. The molecule has 6 aromatic carbocycles. The van der Waals surface area contributed by atoms with Gasteiger partial charge in [-0.05, 0) is 93.0 Å². The molecule has 2 nitrogen and oxygen atoms in total. The van der Waals surface area contributed by atoms with Crippen LogP contribution in [0.15, 0.2) is 109 Å². The molecule has 0 aromatic heterocycles. The number of hydrogen-bond acceptors (Lipinski definition) is 2. The van der Waals surface area contributed by atoms with Gasteiger partial charge in [-0.3, -0.25) is 0 Å². The predicted octanol–water partition coefficient (Wildman–Crippen LogP) is 7.96. The van der Waals surface area contributed by atoms with E-state index < -0.39 is 0 Å².